The normalized spacial score (nSPS) is 19.0. The van der Waals surface area contributed by atoms with Crippen molar-refractivity contribution >= 4 is 23.2 Å². The molecule has 0 bridgehead atoms. The van der Waals surface area contributed by atoms with Crippen LogP contribution in [0.15, 0.2) is 35.7 Å². The Kier molecular flexibility index (Phi) is 7.59. The van der Waals surface area contributed by atoms with Crippen LogP contribution in [0, 0.1) is 11.8 Å². The topological polar surface area (TPSA) is 64.6 Å². The quantitative estimate of drug-likeness (QED) is 0.567. The highest BCUT2D eigenvalue weighted by atomic mass is 32.1. The summed E-state index contributed by atoms with van der Waals surface area (Å²) in [4.78, 5) is 24.4. The minimum atomic E-state index is -4.73. The molecule has 31 heavy (non-hydrogen) atoms. The first-order valence-electron chi connectivity index (χ1n) is 10.0. The van der Waals surface area contributed by atoms with E-state index in [1.807, 2.05) is 0 Å². The van der Waals surface area contributed by atoms with Crippen molar-refractivity contribution in [2.45, 2.75) is 38.5 Å². The van der Waals surface area contributed by atoms with E-state index in [4.69, 9.17) is 4.74 Å². The number of rotatable bonds is 7. The Morgan fingerprint density at radius 1 is 1.06 bits per heavy atom. The molecule has 1 aliphatic rings. The third-order valence-corrected chi connectivity index (χ3v) is 6.37. The summed E-state index contributed by atoms with van der Waals surface area (Å²) in [5.41, 5.74) is 1.46. The van der Waals surface area contributed by atoms with Crippen molar-refractivity contribution in [2.75, 3.05) is 13.7 Å². The number of hydrogen-bond acceptors (Lipinski definition) is 5. The van der Waals surface area contributed by atoms with Crippen LogP contribution in [0.2, 0.25) is 0 Å². The molecule has 2 aromatic rings. The Hall–Kier alpha value is -2.55. The van der Waals surface area contributed by atoms with Crippen LogP contribution in [-0.2, 0) is 9.53 Å². The first kappa shape index (κ1) is 23.1. The molecule has 168 valence electrons. The number of halogens is 3. The molecule has 0 saturated heterocycles. The van der Waals surface area contributed by atoms with Gasteiger partial charge in [0.1, 0.15) is 5.75 Å². The number of ether oxygens (including phenoxy) is 2. The molecule has 9 heteroatoms. The lowest BCUT2D eigenvalue weighted by Crippen LogP contribution is -2.31. The SMILES string of the molecule is COC(=O)CC1CCC(CNC(=O)c2cc(-c3ccc(OC(F)(F)F)cc3)cs2)CC1. The van der Waals surface area contributed by atoms with Gasteiger partial charge in [0.05, 0.1) is 12.0 Å². The van der Waals surface area contributed by atoms with Crippen LogP contribution in [-0.4, -0.2) is 31.9 Å². The minimum Gasteiger partial charge on any atom is -0.469 e. The standard InChI is InChI=1S/C22H24F3NO4S/c1-29-20(27)10-14-2-4-15(5-3-14)12-26-21(28)19-11-17(13-31-19)16-6-8-18(9-7-16)30-22(23,24)25/h6-9,11,13-15H,2-5,10,12H2,1H3,(H,26,28). The highest BCUT2D eigenvalue weighted by Gasteiger charge is 2.31. The van der Waals surface area contributed by atoms with E-state index in [0.717, 1.165) is 31.2 Å². The van der Waals surface area contributed by atoms with E-state index in [2.05, 4.69) is 10.1 Å². The van der Waals surface area contributed by atoms with Crippen LogP contribution >= 0.6 is 11.3 Å². The van der Waals surface area contributed by atoms with Crippen molar-refractivity contribution in [3.8, 4) is 16.9 Å². The molecule has 1 N–H and O–H groups in total. The Labute approximate surface area is 182 Å². The van der Waals surface area contributed by atoms with E-state index in [1.54, 1.807) is 11.4 Å². The van der Waals surface area contributed by atoms with Gasteiger partial charge < -0.3 is 14.8 Å². The molecular formula is C22H24F3NO4S. The smallest absolute Gasteiger partial charge is 0.469 e. The molecule has 0 atom stereocenters. The van der Waals surface area contributed by atoms with Crippen molar-refractivity contribution in [3.05, 3.63) is 40.6 Å². The van der Waals surface area contributed by atoms with E-state index in [-0.39, 0.29) is 17.6 Å². The van der Waals surface area contributed by atoms with Crippen molar-refractivity contribution in [1.82, 2.24) is 5.32 Å². The predicted molar refractivity (Wildman–Crippen MR) is 111 cm³/mol. The summed E-state index contributed by atoms with van der Waals surface area (Å²) in [6, 6.07) is 7.27. The molecular weight excluding hydrogens is 431 g/mol. The Morgan fingerprint density at radius 3 is 2.32 bits per heavy atom. The van der Waals surface area contributed by atoms with Gasteiger partial charge in [-0.1, -0.05) is 12.1 Å². The maximum absolute atomic E-state index is 12.5. The second kappa shape index (κ2) is 10.2. The van der Waals surface area contributed by atoms with Crippen LogP contribution in [0.3, 0.4) is 0 Å². The van der Waals surface area contributed by atoms with Crippen molar-refractivity contribution in [3.63, 3.8) is 0 Å². The largest absolute Gasteiger partial charge is 0.573 e. The zero-order valence-corrected chi connectivity index (χ0v) is 17.9. The van der Waals surface area contributed by atoms with E-state index in [1.165, 1.54) is 42.7 Å². The van der Waals surface area contributed by atoms with Gasteiger partial charge >= 0.3 is 12.3 Å². The lowest BCUT2D eigenvalue weighted by atomic mass is 9.80. The van der Waals surface area contributed by atoms with Crippen LogP contribution < -0.4 is 10.1 Å². The molecule has 0 unspecified atom stereocenters. The fourth-order valence-electron chi connectivity index (χ4n) is 3.74. The number of benzene rings is 1. The van der Waals surface area contributed by atoms with Gasteiger partial charge in [0.2, 0.25) is 0 Å². The first-order chi connectivity index (χ1) is 14.7. The zero-order valence-electron chi connectivity index (χ0n) is 17.0. The second-order valence-electron chi connectivity index (χ2n) is 7.65. The maximum atomic E-state index is 12.5. The predicted octanol–water partition coefficient (Wildman–Crippen LogP) is 5.41. The first-order valence-corrected chi connectivity index (χ1v) is 10.9. The van der Waals surface area contributed by atoms with Gasteiger partial charge in [0.15, 0.2) is 0 Å². The lowest BCUT2D eigenvalue weighted by molar-refractivity contribution is -0.274. The fourth-order valence-corrected chi connectivity index (χ4v) is 4.57. The molecule has 5 nitrogen and oxygen atoms in total. The molecule has 1 saturated carbocycles. The summed E-state index contributed by atoms with van der Waals surface area (Å²) >= 11 is 1.29. The number of thiophene rings is 1. The number of nitrogens with one attached hydrogen (secondary N) is 1. The van der Waals surface area contributed by atoms with Gasteiger partial charge in [-0.15, -0.1) is 24.5 Å². The Bertz CT molecular complexity index is 887. The van der Waals surface area contributed by atoms with Crippen molar-refractivity contribution < 1.29 is 32.2 Å². The van der Waals surface area contributed by atoms with Gasteiger partial charge in [-0.25, -0.2) is 0 Å². The number of methoxy groups -OCH3 is 1. The maximum Gasteiger partial charge on any atom is 0.573 e. The van der Waals surface area contributed by atoms with Crippen molar-refractivity contribution in [1.29, 1.82) is 0 Å². The lowest BCUT2D eigenvalue weighted by Gasteiger charge is -2.27. The van der Waals surface area contributed by atoms with E-state index >= 15 is 0 Å². The molecule has 0 aliphatic heterocycles. The van der Waals surface area contributed by atoms with Gasteiger partial charge in [0, 0.05) is 13.0 Å². The molecule has 1 fully saturated rings. The summed E-state index contributed by atoms with van der Waals surface area (Å²) in [6.45, 7) is 0.584. The molecule has 1 amide bonds. The van der Waals surface area contributed by atoms with Crippen LogP contribution in [0.5, 0.6) is 5.75 Å². The molecule has 1 aromatic heterocycles. The van der Waals surface area contributed by atoms with Gasteiger partial charge in [0.25, 0.3) is 5.91 Å². The second-order valence-corrected chi connectivity index (χ2v) is 8.56. The Morgan fingerprint density at radius 2 is 1.71 bits per heavy atom. The minimum absolute atomic E-state index is 0.162. The van der Waals surface area contributed by atoms with E-state index < -0.39 is 6.36 Å². The monoisotopic (exact) mass is 455 g/mol. The number of amides is 1. The summed E-state index contributed by atoms with van der Waals surface area (Å²) < 4.78 is 45.4. The van der Waals surface area contributed by atoms with Crippen LogP contribution in [0.4, 0.5) is 13.2 Å². The highest BCUT2D eigenvalue weighted by Crippen LogP contribution is 2.31. The summed E-state index contributed by atoms with van der Waals surface area (Å²) in [6.07, 6.45) is -0.444. The molecule has 1 heterocycles. The van der Waals surface area contributed by atoms with Gasteiger partial charge in [-0.05, 0) is 72.2 Å². The van der Waals surface area contributed by atoms with Crippen LogP contribution in [0.1, 0.15) is 41.8 Å². The fraction of sp³-hybridized carbons (Fsp3) is 0.455. The number of alkyl halides is 3. The number of esters is 1. The summed E-state index contributed by atoms with van der Waals surface area (Å²) in [7, 11) is 1.40. The van der Waals surface area contributed by atoms with Gasteiger partial charge in [-0.2, -0.15) is 0 Å². The number of carbonyl (C=O) groups excluding carboxylic acids is 2. The average molecular weight is 455 g/mol. The number of carbonyl (C=O) groups is 2. The summed E-state index contributed by atoms with van der Waals surface area (Å²) in [5.74, 6) is 0.120. The third kappa shape index (κ3) is 6.99. The van der Waals surface area contributed by atoms with E-state index in [9.17, 15) is 22.8 Å². The number of hydrogen-bond donors (Lipinski definition) is 1. The van der Waals surface area contributed by atoms with Crippen LogP contribution in [0.25, 0.3) is 11.1 Å². The molecule has 0 radical (unpaired) electrons. The third-order valence-electron chi connectivity index (χ3n) is 5.45. The zero-order chi connectivity index (χ0) is 22.4. The van der Waals surface area contributed by atoms with Gasteiger partial charge in [-0.3, -0.25) is 9.59 Å². The van der Waals surface area contributed by atoms with E-state index in [0.29, 0.717) is 35.2 Å². The molecule has 3 rings (SSSR count). The highest BCUT2D eigenvalue weighted by molar-refractivity contribution is 7.12. The summed E-state index contributed by atoms with van der Waals surface area (Å²) in [5, 5.41) is 4.77. The van der Waals surface area contributed by atoms with Crippen molar-refractivity contribution in [2.24, 2.45) is 11.8 Å². The molecule has 1 aliphatic carbocycles. The molecule has 0 spiro atoms. The average Bonchev–Trinajstić information content (AvgIpc) is 3.22. The molecule has 1 aromatic carbocycles. The Balaban J connectivity index is 1.48.